The summed E-state index contributed by atoms with van der Waals surface area (Å²) in [5.41, 5.74) is 1.19. The van der Waals surface area contributed by atoms with Gasteiger partial charge in [-0.1, -0.05) is 26.7 Å². The molecule has 0 radical (unpaired) electrons. The lowest BCUT2D eigenvalue weighted by Crippen LogP contribution is -2.32. The summed E-state index contributed by atoms with van der Waals surface area (Å²) in [6, 6.07) is 3.94. The molecule has 0 bridgehead atoms. The third kappa shape index (κ3) is 31.7. The van der Waals surface area contributed by atoms with Crippen molar-refractivity contribution in [2.24, 2.45) is 23.7 Å². The molecule has 1 saturated heterocycles. The van der Waals surface area contributed by atoms with Gasteiger partial charge in [0.15, 0.2) is 0 Å². The third-order valence-electron chi connectivity index (χ3n) is 9.37. The Morgan fingerprint density at radius 2 is 1.24 bits per heavy atom. The van der Waals surface area contributed by atoms with Crippen LogP contribution in [0.15, 0.2) is 24.5 Å². The van der Waals surface area contributed by atoms with Crippen molar-refractivity contribution in [3.63, 3.8) is 0 Å². The van der Waals surface area contributed by atoms with Gasteiger partial charge >= 0.3 is 13.7 Å². The number of hydrogen-bond donors (Lipinski definition) is 2. The van der Waals surface area contributed by atoms with Crippen molar-refractivity contribution in [1.82, 2.24) is 9.88 Å². The molecule has 3 aliphatic rings. The first-order chi connectivity index (χ1) is 25.7. The van der Waals surface area contributed by atoms with Crippen LogP contribution in [0.25, 0.3) is 0 Å². The molecule has 12 nitrogen and oxygen atoms in total. The van der Waals surface area contributed by atoms with Crippen molar-refractivity contribution >= 4 is 41.8 Å². The third-order valence-corrected chi connectivity index (χ3v) is 11.7. The molecule has 320 valence electrons. The van der Waals surface area contributed by atoms with E-state index in [1.54, 1.807) is 26.2 Å². The van der Waals surface area contributed by atoms with E-state index in [1.807, 2.05) is 38.1 Å². The van der Waals surface area contributed by atoms with E-state index in [1.165, 1.54) is 18.5 Å². The van der Waals surface area contributed by atoms with Crippen LogP contribution in [-0.2, 0) is 32.2 Å². The zero-order chi connectivity index (χ0) is 40.7. The number of aliphatic hydroxyl groups excluding tert-OH is 2. The first-order valence-electron chi connectivity index (χ1n) is 19.7. The van der Waals surface area contributed by atoms with Gasteiger partial charge in [-0.15, -0.1) is 0 Å². The number of nitrogens with zero attached hydrogens (tertiary/aromatic N) is 3. The number of anilines is 1. The van der Waals surface area contributed by atoms with Crippen LogP contribution < -0.4 is 4.90 Å². The molecule has 2 N–H and O–H groups in total. The summed E-state index contributed by atoms with van der Waals surface area (Å²) in [4.78, 5) is 8.21. The number of ether oxygens (including phenoxy) is 2. The number of hydrogen-bond acceptors (Lipinski definition) is 12. The van der Waals surface area contributed by atoms with Crippen molar-refractivity contribution in [3.05, 3.63) is 24.5 Å². The van der Waals surface area contributed by atoms with Gasteiger partial charge < -0.3 is 43.1 Å². The lowest BCUT2D eigenvalue weighted by atomic mass is 9.83. The summed E-state index contributed by atoms with van der Waals surface area (Å²) in [5.74, 6) is 2.25. The Balaban J connectivity index is 0.000000687. The molecule has 1 atom stereocenters. The molecular weight excluding hydrogens is 775 g/mol. The van der Waals surface area contributed by atoms with Crippen LogP contribution in [0.4, 0.5) is 5.69 Å². The van der Waals surface area contributed by atoms with Crippen LogP contribution in [0.1, 0.15) is 90.9 Å². The summed E-state index contributed by atoms with van der Waals surface area (Å²) in [5, 5.41) is 17.6. The van der Waals surface area contributed by atoms with E-state index in [0.29, 0.717) is 56.7 Å². The van der Waals surface area contributed by atoms with Crippen molar-refractivity contribution in [3.8, 4) is 0 Å². The summed E-state index contributed by atoms with van der Waals surface area (Å²) in [6.45, 7) is 12.7. The van der Waals surface area contributed by atoms with Gasteiger partial charge in [0.2, 0.25) is 0 Å². The SMILES string of the molecule is CCCCOP(=O)(Cl)Cl.CCCCOP(C)(=O)OCC1CCC(COC)CC1.CN(C)c1ccncc1.CN1CCOCC1.OCC1CCC(CO)CC1. The molecule has 1 aromatic heterocycles. The first-order valence-corrected chi connectivity index (χ1v) is 25.2. The number of halogens is 2. The number of rotatable bonds is 16. The van der Waals surface area contributed by atoms with E-state index in [-0.39, 0.29) is 0 Å². The van der Waals surface area contributed by atoms with Crippen LogP contribution in [0.3, 0.4) is 0 Å². The van der Waals surface area contributed by atoms with Gasteiger partial charge in [-0.3, -0.25) is 14.1 Å². The number of methoxy groups -OCH3 is 1. The highest BCUT2D eigenvalue weighted by atomic mass is 35.9. The lowest BCUT2D eigenvalue weighted by Gasteiger charge is -2.28. The maximum atomic E-state index is 12.0. The van der Waals surface area contributed by atoms with E-state index in [0.717, 1.165) is 97.1 Å². The van der Waals surface area contributed by atoms with E-state index < -0.39 is 13.7 Å². The molecule has 2 heterocycles. The molecule has 0 aromatic carbocycles. The van der Waals surface area contributed by atoms with Gasteiger partial charge in [0, 0.05) is 78.9 Å². The molecule has 16 heteroatoms. The maximum absolute atomic E-state index is 12.0. The molecule has 1 aromatic rings. The molecule has 0 spiro atoms. The van der Waals surface area contributed by atoms with E-state index in [4.69, 9.17) is 51.2 Å². The predicted molar refractivity (Wildman–Crippen MR) is 224 cm³/mol. The fourth-order valence-corrected chi connectivity index (χ4v) is 7.43. The Hall–Kier alpha value is -0.330. The lowest BCUT2D eigenvalue weighted by molar-refractivity contribution is 0.0503. The Morgan fingerprint density at radius 1 is 0.796 bits per heavy atom. The largest absolute Gasteiger partial charge is 0.396 e. The smallest absolute Gasteiger partial charge is 0.380 e. The summed E-state index contributed by atoms with van der Waals surface area (Å²) >= 11 is 10.1. The molecule has 4 rings (SSSR count). The predicted octanol–water partition coefficient (Wildman–Crippen LogP) is 9.36. The average Bonchev–Trinajstić information content (AvgIpc) is 3.16. The van der Waals surface area contributed by atoms with Crippen LogP contribution in [0.5, 0.6) is 0 Å². The Labute approximate surface area is 337 Å². The van der Waals surface area contributed by atoms with E-state index >= 15 is 0 Å². The van der Waals surface area contributed by atoms with Crippen molar-refractivity contribution < 1.29 is 42.4 Å². The van der Waals surface area contributed by atoms with E-state index in [9.17, 15) is 9.13 Å². The standard InChI is InChI=1S/C14H29O4P.C8H16O2.C7H10N2.C5H11NO.C4H9Cl2O2P/c1-4-5-10-17-19(3,15)18-12-14-8-6-13(7-9-14)11-16-2;9-5-7-1-2-8(6-10)4-3-7;1-9(2)7-3-5-8-6-4-7;1-6-2-4-7-5-3-6;1-2-3-4-8-9(5,6)7/h13-14H,4-12H2,1-3H3;7-10H,1-6H2;3-6H,1-2H3;2-5H2,1H3;2-4H2,1H3. The first kappa shape index (κ1) is 53.7. The number of unbranched alkanes of at least 4 members (excludes halogenated alkanes) is 2. The zero-order valence-corrected chi connectivity index (χ0v) is 37.7. The Kier molecular flexibility index (Phi) is 33.4. The summed E-state index contributed by atoms with van der Waals surface area (Å²) in [6.07, 6.45) is 13.2. The van der Waals surface area contributed by atoms with Gasteiger partial charge in [0.05, 0.1) is 33.0 Å². The Morgan fingerprint density at radius 3 is 1.59 bits per heavy atom. The van der Waals surface area contributed by atoms with Crippen LogP contribution in [0, 0.1) is 23.7 Å². The molecule has 1 unspecified atom stereocenters. The molecule has 2 aliphatic carbocycles. The topological polar surface area (TPSA) is 140 Å². The fraction of sp³-hybridized carbons (Fsp3) is 0.868. The second-order valence-corrected chi connectivity index (χ2v) is 20.8. The Bertz CT molecular complexity index is 1060. The van der Waals surface area contributed by atoms with Crippen molar-refractivity contribution in [2.45, 2.75) is 90.9 Å². The van der Waals surface area contributed by atoms with Gasteiger partial charge in [0.1, 0.15) is 0 Å². The second kappa shape index (κ2) is 33.6. The van der Waals surface area contributed by atoms with Gasteiger partial charge in [-0.05, 0) is 130 Å². The van der Waals surface area contributed by atoms with Crippen LogP contribution in [-0.4, -0.2) is 121 Å². The molecule has 1 aliphatic heterocycles. The minimum Gasteiger partial charge on any atom is -0.396 e. The maximum Gasteiger partial charge on any atom is 0.380 e. The highest BCUT2D eigenvalue weighted by molar-refractivity contribution is 8.05. The quantitative estimate of drug-likeness (QED) is 0.121. The van der Waals surface area contributed by atoms with E-state index in [2.05, 4.69) is 28.4 Å². The van der Waals surface area contributed by atoms with Crippen LogP contribution >= 0.6 is 36.2 Å². The minimum absolute atomic E-state index is 0.331. The highest BCUT2D eigenvalue weighted by Crippen LogP contribution is 2.57. The van der Waals surface area contributed by atoms with Crippen LogP contribution in [0.2, 0.25) is 0 Å². The second-order valence-electron chi connectivity index (χ2n) is 14.5. The monoisotopic (exact) mass is 849 g/mol. The van der Waals surface area contributed by atoms with Gasteiger partial charge in [0.25, 0.3) is 0 Å². The van der Waals surface area contributed by atoms with Gasteiger partial charge in [-0.25, -0.2) is 0 Å². The number of morpholine rings is 1. The molecular formula is C38H75Cl2N3O9P2. The summed E-state index contributed by atoms with van der Waals surface area (Å²) in [7, 11) is 5.05. The number of likely N-dealkylation sites (N-methyl/N-ethyl adjacent to an activating group) is 1. The number of aliphatic hydroxyl groups is 2. The van der Waals surface area contributed by atoms with Crippen molar-refractivity contribution in [2.75, 3.05) is 106 Å². The normalized spacial score (nSPS) is 22.6. The number of pyridine rings is 1. The summed E-state index contributed by atoms with van der Waals surface area (Å²) < 4.78 is 48.1. The highest BCUT2D eigenvalue weighted by Gasteiger charge is 2.25. The zero-order valence-electron chi connectivity index (χ0n) is 34.4. The molecule has 2 saturated carbocycles. The average molecular weight is 851 g/mol. The van der Waals surface area contributed by atoms with Gasteiger partial charge in [-0.2, -0.15) is 0 Å². The fourth-order valence-electron chi connectivity index (χ4n) is 5.66. The molecule has 0 amide bonds. The number of aromatic nitrogens is 1. The molecule has 54 heavy (non-hydrogen) atoms. The molecule has 3 fully saturated rings. The minimum atomic E-state index is -3.25. The van der Waals surface area contributed by atoms with Crippen molar-refractivity contribution in [1.29, 1.82) is 0 Å².